The van der Waals surface area contributed by atoms with Gasteiger partial charge in [-0.2, -0.15) is 18.0 Å². The van der Waals surface area contributed by atoms with E-state index in [2.05, 4.69) is 26.6 Å². The molecule has 132 valence electrons. The maximum absolute atomic E-state index is 12.6. The molecular weight excluding hydrogens is 335 g/mol. The van der Waals surface area contributed by atoms with Crippen molar-refractivity contribution in [2.45, 2.75) is 38.5 Å². The average Bonchev–Trinajstić information content (AvgIpc) is 3.02. The second-order valence-corrected chi connectivity index (χ2v) is 5.60. The van der Waals surface area contributed by atoms with Crippen molar-refractivity contribution in [2.75, 3.05) is 0 Å². The summed E-state index contributed by atoms with van der Waals surface area (Å²) in [5, 5.41) is 14.2. The van der Waals surface area contributed by atoms with Gasteiger partial charge in [0.05, 0.1) is 11.1 Å². The maximum atomic E-state index is 12.6. The molecule has 0 radical (unpaired) electrons. The Hall–Kier alpha value is -2.89. The highest BCUT2D eigenvalue weighted by molar-refractivity contribution is 5.77. The van der Waals surface area contributed by atoms with Gasteiger partial charge in [0.1, 0.15) is 6.54 Å². The molecule has 0 fully saturated rings. The van der Waals surface area contributed by atoms with E-state index in [-0.39, 0.29) is 12.4 Å². The van der Waals surface area contributed by atoms with Crippen LogP contribution in [0.3, 0.4) is 0 Å². The van der Waals surface area contributed by atoms with E-state index >= 15 is 0 Å². The Morgan fingerprint density at radius 2 is 1.96 bits per heavy atom. The highest BCUT2D eigenvalue weighted by atomic mass is 19.4. The molecule has 0 spiro atoms. The van der Waals surface area contributed by atoms with E-state index in [1.165, 1.54) is 12.1 Å². The van der Waals surface area contributed by atoms with E-state index in [1.807, 2.05) is 6.92 Å². The molecule has 0 saturated carbocycles. The number of nitrogens with zero attached hydrogens (tertiary/aromatic N) is 4. The number of alkyl halides is 3. The molecule has 2 rings (SSSR count). The van der Waals surface area contributed by atoms with Gasteiger partial charge in [-0.3, -0.25) is 4.79 Å². The van der Waals surface area contributed by atoms with E-state index in [0.717, 1.165) is 16.9 Å². The number of hydrogen-bond donors (Lipinski definition) is 1. The largest absolute Gasteiger partial charge is 0.416 e. The van der Waals surface area contributed by atoms with E-state index < -0.39 is 23.2 Å². The van der Waals surface area contributed by atoms with Crippen molar-refractivity contribution in [3.05, 3.63) is 29.8 Å². The minimum atomic E-state index is -4.41. The van der Waals surface area contributed by atoms with Crippen LogP contribution in [0.1, 0.15) is 25.8 Å². The molecule has 1 amide bonds. The third-order valence-electron chi connectivity index (χ3n) is 3.65. The summed E-state index contributed by atoms with van der Waals surface area (Å²) in [6.07, 6.45) is 1.53. The predicted molar refractivity (Wildman–Crippen MR) is 83.9 cm³/mol. The van der Waals surface area contributed by atoms with Crippen LogP contribution in [-0.4, -0.2) is 31.7 Å². The second-order valence-electron chi connectivity index (χ2n) is 5.60. The molecule has 0 aliphatic heterocycles. The van der Waals surface area contributed by atoms with Crippen molar-refractivity contribution in [1.29, 1.82) is 0 Å². The Labute approximate surface area is 142 Å². The van der Waals surface area contributed by atoms with Crippen LogP contribution < -0.4 is 5.32 Å². The van der Waals surface area contributed by atoms with E-state index in [9.17, 15) is 18.0 Å². The highest BCUT2D eigenvalue weighted by Crippen LogP contribution is 2.30. The van der Waals surface area contributed by atoms with Gasteiger partial charge in [-0.1, -0.05) is 25.0 Å². The highest BCUT2D eigenvalue weighted by Gasteiger charge is 2.30. The first-order valence-corrected chi connectivity index (χ1v) is 7.41. The normalized spacial score (nSPS) is 13.8. The van der Waals surface area contributed by atoms with Crippen molar-refractivity contribution < 1.29 is 18.0 Å². The zero-order valence-electron chi connectivity index (χ0n) is 13.6. The van der Waals surface area contributed by atoms with Gasteiger partial charge in [0, 0.05) is 5.56 Å². The molecule has 25 heavy (non-hydrogen) atoms. The van der Waals surface area contributed by atoms with Gasteiger partial charge >= 0.3 is 6.18 Å². The Morgan fingerprint density at radius 3 is 2.48 bits per heavy atom. The van der Waals surface area contributed by atoms with Gasteiger partial charge in [-0.05, 0) is 30.7 Å². The Morgan fingerprint density at radius 1 is 1.32 bits per heavy atom. The minimum Gasteiger partial charge on any atom is -0.338 e. The summed E-state index contributed by atoms with van der Waals surface area (Å²) in [6.45, 7) is 3.36. The average molecular weight is 351 g/mol. The molecule has 2 aromatic rings. The second kappa shape index (κ2) is 6.93. The molecule has 6 nitrogen and oxygen atoms in total. The van der Waals surface area contributed by atoms with Crippen LogP contribution in [0.2, 0.25) is 0 Å². The molecule has 0 saturated heterocycles. The lowest BCUT2D eigenvalue weighted by Crippen LogP contribution is -2.45. The molecule has 1 atom stereocenters. The number of halogens is 3. The van der Waals surface area contributed by atoms with Crippen molar-refractivity contribution in [3.8, 4) is 23.7 Å². The number of carbonyl (C=O) groups is 1. The number of nitrogens with one attached hydrogen (secondary N) is 1. The summed E-state index contributed by atoms with van der Waals surface area (Å²) in [6, 6.07) is 4.36. The number of terminal acetylenes is 1. The van der Waals surface area contributed by atoms with Crippen LogP contribution in [-0.2, 0) is 17.5 Å². The van der Waals surface area contributed by atoms with Gasteiger partial charge in [0.25, 0.3) is 0 Å². The SMILES string of the molecule is C#CC(C)(CC)NC(=O)Cn1nnc(-c2ccc(C(F)(F)F)cc2)n1. The molecular formula is C16H16F3N5O. The summed E-state index contributed by atoms with van der Waals surface area (Å²) >= 11 is 0. The minimum absolute atomic E-state index is 0.122. The molecule has 0 aliphatic rings. The Kier molecular flexibility index (Phi) is 5.11. The van der Waals surface area contributed by atoms with E-state index in [0.29, 0.717) is 12.0 Å². The van der Waals surface area contributed by atoms with Crippen LogP contribution in [0.15, 0.2) is 24.3 Å². The van der Waals surface area contributed by atoms with Crippen molar-refractivity contribution in [2.24, 2.45) is 0 Å². The van der Waals surface area contributed by atoms with Gasteiger partial charge in [0.15, 0.2) is 0 Å². The number of amides is 1. The molecule has 1 N–H and O–H groups in total. The predicted octanol–water partition coefficient (Wildman–Crippen LogP) is 2.28. The summed E-state index contributed by atoms with van der Waals surface area (Å²) in [7, 11) is 0. The number of carbonyl (C=O) groups excluding carboxylic acids is 1. The molecule has 1 aromatic carbocycles. The summed E-state index contributed by atoms with van der Waals surface area (Å²) in [5.74, 6) is 2.24. The summed E-state index contributed by atoms with van der Waals surface area (Å²) in [4.78, 5) is 13.0. The fraction of sp³-hybridized carbons (Fsp3) is 0.375. The van der Waals surface area contributed by atoms with Crippen molar-refractivity contribution in [1.82, 2.24) is 25.5 Å². The molecule has 0 bridgehead atoms. The number of tetrazole rings is 1. The van der Waals surface area contributed by atoms with Crippen LogP contribution in [0.4, 0.5) is 13.2 Å². The van der Waals surface area contributed by atoms with Gasteiger partial charge < -0.3 is 5.32 Å². The van der Waals surface area contributed by atoms with Crippen molar-refractivity contribution >= 4 is 5.91 Å². The number of hydrogen-bond acceptors (Lipinski definition) is 4. The standard InChI is InChI=1S/C16H16F3N5O/c1-4-15(3,5-2)20-13(25)10-24-22-14(21-23-24)11-6-8-12(9-7-11)16(17,18)19/h1,6-9H,5,10H2,2-3H3,(H,20,25). The molecule has 1 unspecified atom stereocenters. The summed E-state index contributed by atoms with van der Waals surface area (Å²) < 4.78 is 37.7. The van der Waals surface area contributed by atoms with Crippen molar-refractivity contribution in [3.63, 3.8) is 0 Å². The fourth-order valence-electron chi connectivity index (χ4n) is 1.94. The molecule has 9 heteroatoms. The Balaban J connectivity index is 2.08. The zero-order valence-corrected chi connectivity index (χ0v) is 13.6. The number of benzene rings is 1. The third kappa shape index (κ3) is 4.56. The molecule has 1 aromatic heterocycles. The monoisotopic (exact) mass is 351 g/mol. The fourth-order valence-corrected chi connectivity index (χ4v) is 1.94. The smallest absolute Gasteiger partial charge is 0.338 e. The van der Waals surface area contributed by atoms with E-state index in [4.69, 9.17) is 6.42 Å². The first-order valence-electron chi connectivity index (χ1n) is 7.41. The Bertz CT molecular complexity index is 791. The third-order valence-corrected chi connectivity index (χ3v) is 3.65. The van der Waals surface area contributed by atoms with E-state index in [1.54, 1.807) is 6.92 Å². The quantitative estimate of drug-likeness (QED) is 0.839. The number of aromatic nitrogens is 4. The number of rotatable bonds is 5. The zero-order chi connectivity index (χ0) is 18.7. The lowest BCUT2D eigenvalue weighted by Gasteiger charge is -2.22. The topological polar surface area (TPSA) is 72.7 Å². The molecule has 0 aliphatic carbocycles. The lowest BCUT2D eigenvalue weighted by atomic mass is 10.0. The summed E-state index contributed by atoms with van der Waals surface area (Å²) in [5.41, 5.74) is -1.17. The lowest BCUT2D eigenvalue weighted by molar-refractivity contribution is -0.137. The van der Waals surface area contributed by atoms with Crippen LogP contribution in [0.5, 0.6) is 0 Å². The van der Waals surface area contributed by atoms with Crippen LogP contribution in [0, 0.1) is 12.3 Å². The van der Waals surface area contributed by atoms with Gasteiger partial charge in [-0.25, -0.2) is 0 Å². The van der Waals surface area contributed by atoms with Crippen LogP contribution in [0.25, 0.3) is 11.4 Å². The van der Waals surface area contributed by atoms with Gasteiger partial charge in [-0.15, -0.1) is 16.6 Å². The first-order chi connectivity index (χ1) is 11.7. The first kappa shape index (κ1) is 18.4. The van der Waals surface area contributed by atoms with Gasteiger partial charge in [0.2, 0.25) is 11.7 Å². The van der Waals surface area contributed by atoms with Crippen LogP contribution >= 0.6 is 0 Å². The maximum Gasteiger partial charge on any atom is 0.416 e. The molecule has 1 heterocycles.